The number of allylic oxidation sites excluding steroid dienone is 1. The number of thioether (sulfide) groups is 2. The Labute approximate surface area is 203 Å². The lowest BCUT2D eigenvalue weighted by Crippen LogP contribution is -2.25. The number of hydrogen-bond acceptors (Lipinski definition) is 5. The maximum Gasteiger partial charge on any atom is 0.237 e. The Bertz CT molecular complexity index is 1080. The van der Waals surface area contributed by atoms with Crippen molar-refractivity contribution >= 4 is 46.7 Å². The highest BCUT2D eigenvalue weighted by Crippen LogP contribution is 2.29. The first kappa shape index (κ1) is 24.4. The topological polar surface area (TPSA) is 59.8 Å². The first-order valence-electron chi connectivity index (χ1n) is 10.4. The van der Waals surface area contributed by atoms with Crippen molar-refractivity contribution in [3.63, 3.8) is 0 Å². The Morgan fingerprint density at radius 1 is 1.22 bits per heavy atom. The summed E-state index contributed by atoms with van der Waals surface area (Å²) in [6.45, 7) is 10.5. The van der Waals surface area contributed by atoms with E-state index in [1.54, 1.807) is 17.8 Å². The molecule has 1 heterocycles. The molecule has 0 aliphatic heterocycles. The third-order valence-electron chi connectivity index (χ3n) is 4.86. The second-order valence-electron chi connectivity index (χ2n) is 7.36. The van der Waals surface area contributed by atoms with Crippen molar-refractivity contribution in [2.45, 2.75) is 54.8 Å². The fraction of sp³-hybridized carbons (Fsp3) is 0.292. The van der Waals surface area contributed by atoms with Crippen LogP contribution in [0.25, 0.3) is 0 Å². The van der Waals surface area contributed by atoms with Crippen molar-refractivity contribution in [3.8, 4) is 0 Å². The first-order valence-corrected chi connectivity index (χ1v) is 12.6. The highest BCUT2D eigenvalue weighted by Gasteiger charge is 2.23. The molecule has 1 N–H and O–H groups in total. The minimum atomic E-state index is -0.307. The summed E-state index contributed by atoms with van der Waals surface area (Å²) >= 11 is 9.23. The third kappa shape index (κ3) is 6.40. The molecule has 1 amide bonds. The van der Waals surface area contributed by atoms with E-state index in [9.17, 15) is 4.79 Å². The van der Waals surface area contributed by atoms with E-state index in [0.29, 0.717) is 28.9 Å². The van der Waals surface area contributed by atoms with Gasteiger partial charge in [-0.3, -0.25) is 4.79 Å². The summed E-state index contributed by atoms with van der Waals surface area (Å²) in [6.07, 6.45) is 2.48. The maximum absolute atomic E-state index is 13.0. The highest BCUT2D eigenvalue weighted by molar-refractivity contribution is 8.00. The molecule has 1 unspecified atom stereocenters. The van der Waals surface area contributed by atoms with Crippen LogP contribution in [0.15, 0.2) is 65.2 Å². The summed E-state index contributed by atoms with van der Waals surface area (Å²) in [4.78, 5) is 14.2. The molecule has 2 aromatic carbocycles. The second-order valence-corrected chi connectivity index (χ2v) is 10.0. The maximum atomic E-state index is 13.0. The standard InChI is InChI=1S/C24H27ClN4OS2/c1-5-13-29-22(15-31-19-11-7-16(3)8-12-19)27-28-24(29)32-21(6-2)23(30)26-20-14-18(25)10-9-17(20)4/h5,7-12,14,21H,1,6,13,15H2,2-4H3,(H,26,30). The van der Waals surface area contributed by atoms with E-state index in [0.717, 1.165) is 17.1 Å². The van der Waals surface area contributed by atoms with Crippen molar-refractivity contribution in [1.82, 2.24) is 14.8 Å². The highest BCUT2D eigenvalue weighted by atomic mass is 35.5. The monoisotopic (exact) mass is 486 g/mol. The van der Waals surface area contributed by atoms with Gasteiger partial charge < -0.3 is 9.88 Å². The van der Waals surface area contributed by atoms with Crippen LogP contribution in [0.3, 0.4) is 0 Å². The van der Waals surface area contributed by atoms with Gasteiger partial charge in [0.15, 0.2) is 5.16 Å². The first-order chi connectivity index (χ1) is 15.4. The number of aryl methyl sites for hydroxylation is 2. The lowest BCUT2D eigenvalue weighted by molar-refractivity contribution is -0.115. The zero-order valence-corrected chi connectivity index (χ0v) is 20.9. The number of amides is 1. The van der Waals surface area contributed by atoms with Crippen LogP contribution < -0.4 is 5.32 Å². The number of carbonyl (C=O) groups is 1. The summed E-state index contributed by atoms with van der Waals surface area (Å²) in [5.41, 5.74) is 2.93. The lowest BCUT2D eigenvalue weighted by atomic mass is 10.2. The quantitative estimate of drug-likeness (QED) is 0.260. The minimum absolute atomic E-state index is 0.0772. The molecule has 3 rings (SSSR count). The van der Waals surface area contributed by atoms with E-state index in [4.69, 9.17) is 11.6 Å². The van der Waals surface area contributed by atoms with Crippen molar-refractivity contribution in [3.05, 3.63) is 77.1 Å². The van der Waals surface area contributed by atoms with Crippen molar-refractivity contribution in [1.29, 1.82) is 0 Å². The van der Waals surface area contributed by atoms with Gasteiger partial charge in [-0.1, -0.05) is 60.1 Å². The molecule has 32 heavy (non-hydrogen) atoms. The number of rotatable bonds is 10. The largest absolute Gasteiger partial charge is 0.325 e. The fourth-order valence-corrected chi connectivity index (χ4v) is 4.99. The zero-order chi connectivity index (χ0) is 23.1. The minimum Gasteiger partial charge on any atom is -0.325 e. The Morgan fingerprint density at radius 3 is 2.66 bits per heavy atom. The number of aromatic nitrogens is 3. The third-order valence-corrected chi connectivity index (χ3v) is 7.45. The Morgan fingerprint density at radius 2 is 1.97 bits per heavy atom. The van der Waals surface area contributed by atoms with Gasteiger partial charge in [0.2, 0.25) is 5.91 Å². The number of nitrogens with one attached hydrogen (secondary N) is 1. The van der Waals surface area contributed by atoms with E-state index in [1.807, 2.05) is 36.6 Å². The van der Waals surface area contributed by atoms with Crippen LogP contribution in [-0.4, -0.2) is 25.9 Å². The average molecular weight is 487 g/mol. The summed E-state index contributed by atoms with van der Waals surface area (Å²) in [6, 6.07) is 13.9. The molecule has 1 aromatic heterocycles. The summed E-state index contributed by atoms with van der Waals surface area (Å²) < 4.78 is 2.03. The van der Waals surface area contributed by atoms with Gasteiger partial charge in [-0.15, -0.1) is 28.5 Å². The van der Waals surface area contributed by atoms with Crippen LogP contribution in [0, 0.1) is 13.8 Å². The Kier molecular flexibility index (Phi) is 8.84. The van der Waals surface area contributed by atoms with Crippen LogP contribution in [0.4, 0.5) is 5.69 Å². The predicted molar refractivity (Wildman–Crippen MR) is 136 cm³/mol. The van der Waals surface area contributed by atoms with Gasteiger partial charge in [0.25, 0.3) is 0 Å². The predicted octanol–water partition coefficient (Wildman–Crippen LogP) is 6.54. The van der Waals surface area contributed by atoms with Gasteiger partial charge >= 0.3 is 0 Å². The van der Waals surface area contributed by atoms with Gasteiger partial charge in [0.1, 0.15) is 5.82 Å². The molecular formula is C24H27ClN4OS2. The summed E-state index contributed by atoms with van der Waals surface area (Å²) in [5.74, 6) is 1.47. The average Bonchev–Trinajstić information content (AvgIpc) is 3.15. The molecule has 8 heteroatoms. The molecule has 168 valence electrons. The van der Waals surface area contributed by atoms with E-state index in [1.165, 1.54) is 22.2 Å². The smallest absolute Gasteiger partial charge is 0.237 e. The van der Waals surface area contributed by atoms with E-state index in [-0.39, 0.29) is 11.2 Å². The number of hydrogen-bond donors (Lipinski definition) is 1. The number of carbonyl (C=O) groups excluding carboxylic acids is 1. The molecule has 0 saturated heterocycles. The van der Waals surface area contributed by atoms with E-state index >= 15 is 0 Å². The van der Waals surface area contributed by atoms with Crippen molar-refractivity contribution in [2.75, 3.05) is 5.32 Å². The van der Waals surface area contributed by atoms with Gasteiger partial charge in [0, 0.05) is 22.2 Å². The number of benzene rings is 2. The van der Waals surface area contributed by atoms with Crippen molar-refractivity contribution in [2.24, 2.45) is 0 Å². The number of nitrogens with zero attached hydrogens (tertiary/aromatic N) is 3. The SMILES string of the molecule is C=CCn1c(CSc2ccc(C)cc2)nnc1SC(CC)C(=O)Nc1cc(Cl)ccc1C. The van der Waals surface area contributed by atoms with Crippen LogP contribution in [0.5, 0.6) is 0 Å². The molecule has 0 aliphatic rings. The van der Waals surface area contributed by atoms with Gasteiger partial charge in [0.05, 0.1) is 11.0 Å². The van der Waals surface area contributed by atoms with Gasteiger partial charge in [-0.2, -0.15) is 0 Å². The normalized spacial score (nSPS) is 11.9. The molecule has 0 fully saturated rings. The molecule has 0 saturated carbocycles. The molecule has 0 aliphatic carbocycles. The van der Waals surface area contributed by atoms with E-state index in [2.05, 4.69) is 53.3 Å². The van der Waals surface area contributed by atoms with Crippen molar-refractivity contribution < 1.29 is 4.79 Å². The van der Waals surface area contributed by atoms with Crippen LogP contribution in [0.1, 0.15) is 30.3 Å². The Hall–Kier alpha value is -2.22. The molecule has 0 radical (unpaired) electrons. The van der Waals surface area contributed by atoms with Gasteiger partial charge in [-0.05, 0) is 50.1 Å². The molecule has 1 atom stereocenters. The number of halogens is 1. The van der Waals surface area contributed by atoms with Crippen LogP contribution in [0.2, 0.25) is 5.02 Å². The number of anilines is 1. The molecule has 0 bridgehead atoms. The summed E-state index contributed by atoms with van der Waals surface area (Å²) in [5, 5.41) is 12.8. The molecule has 3 aromatic rings. The van der Waals surface area contributed by atoms with E-state index < -0.39 is 0 Å². The summed E-state index contributed by atoms with van der Waals surface area (Å²) in [7, 11) is 0. The fourth-order valence-electron chi connectivity index (χ4n) is 3.00. The Balaban J connectivity index is 1.72. The van der Waals surface area contributed by atoms with Crippen LogP contribution in [-0.2, 0) is 17.1 Å². The lowest BCUT2D eigenvalue weighted by Gasteiger charge is -2.16. The molecule has 0 spiro atoms. The second kappa shape index (κ2) is 11.6. The van der Waals surface area contributed by atoms with Gasteiger partial charge in [-0.25, -0.2) is 0 Å². The van der Waals surface area contributed by atoms with Crippen LogP contribution >= 0.6 is 35.1 Å². The molecular weight excluding hydrogens is 460 g/mol. The zero-order valence-electron chi connectivity index (χ0n) is 18.5. The molecule has 5 nitrogen and oxygen atoms in total.